The van der Waals surface area contributed by atoms with Gasteiger partial charge >= 0.3 is 0 Å². The fraction of sp³-hybridized carbons (Fsp3) is 0.591. The van der Waals surface area contributed by atoms with Crippen molar-refractivity contribution >= 4 is 5.91 Å². The molecule has 28 heavy (non-hydrogen) atoms. The van der Waals surface area contributed by atoms with Crippen LogP contribution < -0.4 is 5.32 Å². The molecule has 3 rings (SSSR count). The zero-order valence-electron chi connectivity index (χ0n) is 17.8. The minimum atomic E-state index is -0.0972. The predicted octanol–water partition coefficient (Wildman–Crippen LogP) is 3.18. The van der Waals surface area contributed by atoms with Gasteiger partial charge in [-0.2, -0.15) is 0 Å². The van der Waals surface area contributed by atoms with Crippen LogP contribution in [0, 0.1) is 19.8 Å². The quantitative estimate of drug-likeness (QED) is 0.832. The number of rotatable bonds is 6. The molecular weight excluding hydrogens is 350 g/mol. The molecule has 1 aromatic carbocycles. The molecule has 0 fully saturated rings. The second kappa shape index (κ2) is 8.86. The monoisotopic (exact) mass is 383 g/mol. The molecule has 6 nitrogen and oxygen atoms in total. The van der Waals surface area contributed by atoms with Crippen LogP contribution in [0.4, 0.5) is 0 Å². The van der Waals surface area contributed by atoms with Crippen LogP contribution in [0.5, 0.6) is 0 Å². The summed E-state index contributed by atoms with van der Waals surface area (Å²) in [6.07, 6.45) is 1.36. The van der Waals surface area contributed by atoms with Gasteiger partial charge < -0.3 is 9.88 Å². The molecule has 152 valence electrons. The van der Waals surface area contributed by atoms with Gasteiger partial charge in [-0.05, 0) is 36.5 Å². The van der Waals surface area contributed by atoms with Crippen LogP contribution in [-0.2, 0) is 24.3 Å². The van der Waals surface area contributed by atoms with Crippen LogP contribution in [-0.4, -0.2) is 38.7 Å². The van der Waals surface area contributed by atoms with Crippen molar-refractivity contribution in [3.05, 3.63) is 46.5 Å². The lowest BCUT2D eigenvalue weighted by Crippen LogP contribution is -2.34. The highest BCUT2D eigenvalue weighted by molar-refractivity contribution is 5.75. The van der Waals surface area contributed by atoms with E-state index in [0.29, 0.717) is 6.42 Å². The summed E-state index contributed by atoms with van der Waals surface area (Å²) in [4.78, 5) is 14.5. The average Bonchev–Trinajstić information content (AvgIpc) is 2.96. The molecule has 0 aliphatic carbocycles. The molecule has 1 aliphatic rings. The van der Waals surface area contributed by atoms with Gasteiger partial charge in [0, 0.05) is 39.0 Å². The first-order valence-corrected chi connectivity index (χ1v) is 10.4. The van der Waals surface area contributed by atoms with Crippen LogP contribution in [0.3, 0.4) is 0 Å². The van der Waals surface area contributed by atoms with Gasteiger partial charge in [-0.1, -0.05) is 39.0 Å². The molecule has 0 saturated heterocycles. The molecule has 1 amide bonds. The number of aryl methyl sites for hydroxylation is 2. The molecule has 2 heterocycles. The summed E-state index contributed by atoms with van der Waals surface area (Å²) in [7, 11) is 0. The number of amides is 1. The second-order valence-corrected chi connectivity index (χ2v) is 8.21. The van der Waals surface area contributed by atoms with Crippen LogP contribution in [0.25, 0.3) is 0 Å². The Balaban J connectivity index is 1.73. The van der Waals surface area contributed by atoms with Crippen molar-refractivity contribution in [3.63, 3.8) is 0 Å². The number of fused-ring (bicyclic) bond motifs is 1. The molecule has 1 N–H and O–H groups in total. The number of nitrogens with one attached hydrogen (secondary N) is 1. The van der Waals surface area contributed by atoms with E-state index in [9.17, 15) is 4.79 Å². The molecule has 0 radical (unpaired) electrons. The highest BCUT2D eigenvalue weighted by Crippen LogP contribution is 2.23. The first kappa shape index (κ1) is 20.5. The molecule has 6 heteroatoms. The van der Waals surface area contributed by atoms with Crippen LogP contribution in [0.2, 0.25) is 0 Å². The maximum absolute atomic E-state index is 12.0. The van der Waals surface area contributed by atoms with Crippen molar-refractivity contribution in [1.82, 2.24) is 25.0 Å². The van der Waals surface area contributed by atoms with Gasteiger partial charge in [0.2, 0.25) is 5.91 Å². The fourth-order valence-electron chi connectivity index (χ4n) is 3.74. The van der Waals surface area contributed by atoms with Crippen molar-refractivity contribution in [3.8, 4) is 0 Å². The Morgan fingerprint density at radius 1 is 1.14 bits per heavy atom. The average molecular weight is 384 g/mol. The number of hydrogen-bond acceptors (Lipinski definition) is 4. The number of aromatic nitrogens is 3. The van der Waals surface area contributed by atoms with Gasteiger partial charge in [-0.15, -0.1) is 10.2 Å². The minimum absolute atomic E-state index is 0.0565. The topological polar surface area (TPSA) is 63.1 Å². The number of carbonyl (C=O) groups is 1. The van der Waals surface area contributed by atoms with Crippen molar-refractivity contribution in [2.45, 2.75) is 66.6 Å². The van der Waals surface area contributed by atoms with Gasteiger partial charge in [0.1, 0.15) is 5.82 Å². The van der Waals surface area contributed by atoms with E-state index in [4.69, 9.17) is 0 Å². The lowest BCUT2D eigenvalue weighted by molar-refractivity contribution is -0.121. The first-order valence-electron chi connectivity index (χ1n) is 10.4. The summed E-state index contributed by atoms with van der Waals surface area (Å²) in [6, 6.07) is 6.63. The van der Waals surface area contributed by atoms with Gasteiger partial charge in [0.15, 0.2) is 5.82 Å². The molecule has 1 atom stereocenters. The third-order valence-electron chi connectivity index (χ3n) is 5.71. The summed E-state index contributed by atoms with van der Waals surface area (Å²) >= 11 is 0. The summed E-state index contributed by atoms with van der Waals surface area (Å²) in [5, 5.41) is 12.0. The van der Waals surface area contributed by atoms with Crippen molar-refractivity contribution in [2.75, 3.05) is 13.1 Å². The summed E-state index contributed by atoms with van der Waals surface area (Å²) in [6.45, 7) is 14.2. The Kier molecular flexibility index (Phi) is 6.50. The van der Waals surface area contributed by atoms with Crippen molar-refractivity contribution in [1.29, 1.82) is 0 Å². The van der Waals surface area contributed by atoms with E-state index < -0.39 is 0 Å². The Bertz CT molecular complexity index is 826. The Morgan fingerprint density at radius 3 is 2.61 bits per heavy atom. The molecule has 0 bridgehead atoms. The van der Waals surface area contributed by atoms with E-state index >= 15 is 0 Å². The molecule has 2 aromatic rings. The smallest absolute Gasteiger partial charge is 0.220 e. The molecule has 0 saturated carbocycles. The van der Waals surface area contributed by atoms with E-state index in [0.717, 1.165) is 44.2 Å². The Morgan fingerprint density at radius 2 is 1.93 bits per heavy atom. The van der Waals surface area contributed by atoms with Gasteiger partial charge in [0.05, 0.1) is 6.04 Å². The van der Waals surface area contributed by atoms with E-state index in [-0.39, 0.29) is 17.9 Å². The van der Waals surface area contributed by atoms with E-state index in [1.807, 2.05) is 6.92 Å². The predicted molar refractivity (Wildman–Crippen MR) is 111 cm³/mol. The van der Waals surface area contributed by atoms with Crippen LogP contribution in [0.15, 0.2) is 18.2 Å². The fourth-order valence-corrected chi connectivity index (χ4v) is 3.74. The first-order chi connectivity index (χ1) is 13.4. The molecule has 1 unspecified atom stereocenters. The van der Waals surface area contributed by atoms with Gasteiger partial charge in [-0.3, -0.25) is 9.69 Å². The third-order valence-corrected chi connectivity index (χ3v) is 5.71. The largest absolute Gasteiger partial charge is 0.346 e. The lowest BCUT2D eigenvalue weighted by Gasteiger charge is -2.23. The van der Waals surface area contributed by atoms with Crippen molar-refractivity contribution in [2.24, 2.45) is 5.92 Å². The standard InChI is InChI=1S/C22H33N5O/c1-6-20(28)23-21(15(2)3)22-25-24-19-9-10-26(11-12-27(19)22)14-18-8-7-16(4)17(5)13-18/h7-8,13,15,21H,6,9-12,14H2,1-5H3,(H,23,28). The summed E-state index contributed by atoms with van der Waals surface area (Å²) in [5.41, 5.74) is 4.04. The van der Waals surface area contributed by atoms with E-state index in [1.54, 1.807) is 0 Å². The SMILES string of the molecule is CCC(=O)NC(c1nnc2n1CCN(Cc1ccc(C)c(C)c1)CC2)C(C)C. The molecule has 1 aromatic heterocycles. The van der Waals surface area contributed by atoms with Crippen LogP contribution in [0.1, 0.15) is 61.6 Å². The number of nitrogens with zero attached hydrogens (tertiary/aromatic N) is 4. The molecule has 1 aliphatic heterocycles. The molecular formula is C22H33N5O. The van der Waals surface area contributed by atoms with Crippen LogP contribution >= 0.6 is 0 Å². The summed E-state index contributed by atoms with van der Waals surface area (Å²) in [5.74, 6) is 2.23. The van der Waals surface area contributed by atoms with Crippen molar-refractivity contribution < 1.29 is 4.79 Å². The zero-order valence-corrected chi connectivity index (χ0v) is 17.8. The second-order valence-electron chi connectivity index (χ2n) is 8.21. The Hall–Kier alpha value is -2.21. The number of carbonyl (C=O) groups excluding carboxylic acids is 1. The van der Waals surface area contributed by atoms with Gasteiger partial charge in [-0.25, -0.2) is 0 Å². The third kappa shape index (κ3) is 4.61. The lowest BCUT2D eigenvalue weighted by atomic mass is 10.0. The minimum Gasteiger partial charge on any atom is -0.346 e. The normalized spacial score (nSPS) is 15.9. The highest BCUT2D eigenvalue weighted by atomic mass is 16.1. The Labute approximate surface area is 168 Å². The van der Waals surface area contributed by atoms with Gasteiger partial charge in [0.25, 0.3) is 0 Å². The maximum atomic E-state index is 12.0. The van der Waals surface area contributed by atoms with E-state index in [1.165, 1.54) is 16.7 Å². The number of hydrogen-bond donors (Lipinski definition) is 1. The highest BCUT2D eigenvalue weighted by Gasteiger charge is 2.27. The molecule has 0 spiro atoms. The summed E-state index contributed by atoms with van der Waals surface area (Å²) < 4.78 is 2.22. The maximum Gasteiger partial charge on any atom is 0.220 e. The number of benzene rings is 1. The zero-order chi connectivity index (χ0) is 20.3. The van der Waals surface area contributed by atoms with E-state index in [2.05, 4.69) is 70.9 Å².